The molecule has 1 aliphatic heterocycles. The highest BCUT2D eigenvalue weighted by Gasteiger charge is 2.47. The van der Waals surface area contributed by atoms with Crippen molar-refractivity contribution in [2.24, 2.45) is 0 Å². The van der Waals surface area contributed by atoms with E-state index >= 15 is 0 Å². The number of aromatic nitrogens is 1. The fraction of sp³-hybridized carbons (Fsp3) is 0.364. The molecule has 212 valence electrons. The first-order valence-corrected chi connectivity index (χ1v) is 15.0. The number of carbonyl (C=O) groups excluding carboxylic acids is 2. The molecule has 2 aromatic heterocycles. The highest BCUT2D eigenvalue weighted by Crippen LogP contribution is 2.49. The average molecular weight is 570 g/mol. The molecule has 2 aromatic carbocycles. The van der Waals surface area contributed by atoms with E-state index in [0.717, 1.165) is 46.9 Å². The zero-order valence-corrected chi connectivity index (χ0v) is 24.7. The Bertz CT molecular complexity index is 1600. The van der Waals surface area contributed by atoms with Crippen molar-refractivity contribution in [2.75, 3.05) is 13.2 Å². The van der Waals surface area contributed by atoms with Gasteiger partial charge in [0, 0.05) is 28.6 Å². The molecule has 2 amide bonds. The number of hydrogen-bond donors (Lipinski definition) is 1. The van der Waals surface area contributed by atoms with Crippen molar-refractivity contribution in [2.45, 2.75) is 64.1 Å². The first-order valence-electron chi connectivity index (χ1n) is 14.1. The summed E-state index contributed by atoms with van der Waals surface area (Å²) in [7, 11) is 0. The fourth-order valence-corrected chi connectivity index (χ4v) is 6.05. The molecule has 0 spiro atoms. The van der Waals surface area contributed by atoms with E-state index in [-0.39, 0.29) is 18.0 Å². The fourth-order valence-electron chi connectivity index (χ4n) is 5.34. The Morgan fingerprint density at radius 3 is 2.63 bits per heavy atom. The number of likely N-dealkylation sites (tertiary alicyclic amines) is 1. The molecule has 4 aromatic rings. The second-order valence-corrected chi connectivity index (χ2v) is 13.0. The van der Waals surface area contributed by atoms with Crippen LogP contribution in [0.3, 0.4) is 0 Å². The number of hydrogen-bond acceptors (Lipinski definition) is 6. The lowest BCUT2D eigenvalue weighted by atomic mass is 9.95. The van der Waals surface area contributed by atoms with E-state index in [1.807, 2.05) is 52.1 Å². The molecule has 8 heteroatoms. The van der Waals surface area contributed by atoms with E-state index in [0.29, 0.717) is 24.5 Å². The summed E-state index contributed by atoms with van der Waals surface area (Å²) in [5, 5.41) is 6.51. The second-order valence-electron chi connectivity index (χ2n) is 12.0. The molecular weight excluding hydrogens is 534 g/mol. The predicted octanol–water partition coefficient (Wildman–Crippen LogP) is 7.08. The molecule has 0 radical (unpaired) electrons. The summed E-state index contributed by atoms with van der Waals surface area (Å²) in [6.07, 6.45) is 4.09. The van der Waals surface area contributed by atoms with Crippen LogP contribution in [0.5, 0.6) is 5.75 Å². The van der Waals surface area contributed by atoms with Gasteiger partial charge in [0.1, 0.15) is 18.0 Å². The molecule has 1 atom stereocenters. The lowest BCUT2D eigenvalue weighted by Crippen LogP contribution is -2.55. The van der Waals surface area contributed by atoms with Crippen LogP contribution in [0, 0.1) is 6.92 Å². The van der Waals surface area contributed by atoms with Gasteiger partial charge < -0.3 is 19.7 Å². The monoisotopic (exact) mass is 569 g/mol. The number of carbonyl (C=O) groups is 2. The van der Waals surface area contributed by atoms with E-state index in [4.69, 9.17) is 9.47 Å². The molecule has 1 N–H and O–H groups in total. The summed E-state index contributed by atoms with van der Waals surface area (Å²) < 4.78 is 11.6. The van der Waals surface area contributed by atoms with Gasteiger partial charge in [-0.1, -0.05) is 18.2 Å². The number of fused-ring (bicyclic) bond motifs is 1. The average Bonchev–Trinajstić information content (AvgIpc) is 3.46. The van der Waals surface area contributed by atoms with E-state index in [2.05, 4.69) is 46.0 Å². The maximum Gasteiger partial charge on any atom is 0.410 e. The Labute approximate surface area is 244 Å². The predicted molar refractivity (Wildman–Crippen MR) is 161 cm³/mol. The van der Waals surface area contributed by atoms with Gasteiger partial charge in [0.05, 0.1) is 17.1 Å². The van der Waals surface area contributed by atoms with Crippen molar-refractivity contribution in [3.8, 4) is 16.2 Å². The van der Waals surface area contributed by atoms with Crippen LogP contribution < -0.4 is 10.1 Å². The zero-order valence-electron chi connectivity index (χ0n) is 23.9. The van der Waals surface area contributed by atoms with E-state index in [1.165, 1.54) is 4.88 Å². The molecule has 3 heterocycles. The van der Waals surface area contributed by atoms with E-state index in [1.54, 1.807) is 22.3 Å². The Morgan fingerprint density at radius 2 is 1.95 bits per heavy atom. The number of ether oxygens (including phenoxy) is 2. The van der Waals surface area contributed by atoms with Crippen LogP contribution in [0.15, 0.2) is 66.2 Å². The first kappa shape index (κ1) is 27.3. The lowest BCUT2D eigenvalue weighted by molar-refractivity contribution is -0.0141. The largest absolute Gasteiger partial charge is 0.491 e. The standard InChI is InChI=1S/C33H35N3O4S/c1-21-9-10-24(39-20-23-11-15-36(23)31(38)40-32(2,3)4)19-26(21)30(37)35-33(12-13-33)27-17-22(29-8-6-16-41-29)18-28-25(27)7-5-14-34-28/h5-10,14,16-19,23H,11-13,15,20H2,1-4H3,(H,35,37)/t23-/m0/s1. The van der Waals surface area contributed by atoms with Crippen LogP contribution in [0.1, 0.15) is 61.5 Å². The molecule has 2 fully saturated rings. The summed E-state index contributed by atoms with van der Waals surface area (Å²) in [6, 6.07) is 18.1. The van der Waals surface area contributed by atoms with Gasteiger partial charge in [-0.25, -0.2) is 4.79 Å². The summed E-state index contributed by atoms with van der Waals surface area (Å²) in [4.78, 5) is 33.7. The van der Waals surface area contributed by atoms with Crippen molar-refractivity contribution in [1.82, 2.24) is 15.2 Å². The molecule has 0 bridgehead atoms. The molecule has 0 unspecified atom stereocenters. The van der Waals surface area contributed by atoms with Crippen LogP contribution in [0.25, 0.3) is 21.3 Å². The Morgan fingerprint density at radius 1 is 1.12 bits per heavy atom. The third-order valence-corrected chi connectivity index (χ3v) is 8.73. The van der Waals surface area contributed by atoms with Crippen molar-refractivity contribution in [1.29, 1.82) is 0 Å². The number of benzene rings is 2. The smallest absolute Gasteiger partial charge is 0.410 e. The number of nitrogens with one attached hydrogen (secondary N) is 1. The Hall–Kier alpha value is -3.91. The minimum atomic E-state index is -0.537. The van der Waals surface area contributed by atoms with Crippen LogP contribution in [-0.2, 0) is 10.3 Å². The number of rotatable bonds is 7. The number of amides is 2. The van der Waals surface area contributed by atoms with Gasteiger partial charge in [-0.2, -0.15) is 0 Å². The Kier molecular flexibility index (Phi) is 6.98. The van der Waals surface area contributed by atoms with Gasteiger partial charge in [0.15, 0.2) is 0 Å². The van der Waals surface area contributed by atoms with Crippen LogP contribution in [-0.4, -0.2) is 46.7 Å². The molecular formula is C33H35N3O4S. The third-order valence-electron chi connectivity index (χ3n) is 7.81. The highest BCUT2D eigenvalue weighted by atomic mass is 32.1. The molecule has 1 aliphatic carbocycles. The van der Waals surface area contributed by atoms with E-state index in [9.17, 15) is 9.59 Å². The summed E-state index contributed by atoms with van der Waals surface area (Å²) in [5.41, 5.74) is 3.64. The number of thiophene rings is 1. The van der Waals surface area contributed by atoms with Gasteiger partial charge >= 0.3 is 6.09 Å². The molecule has 2 aliphatic rings. The molecule has 7 nitrogen and oxygen atoms in total. The summed E-state index contributed by atoms with van der Waals surface area (Å²) >= 11 is 1.70. The topological polar surface area (TPSA) is 80.8 Å². The Balaban J connectivity index is 1.19. The maximum absolute atomic E-state index is 13.7. The van der Waals surface area contributed by atoms with Crippen molar-refractivity contribution < 1.29 is 19.1 Å². The molecule has 1 saturated heterocycles. The second kappa shape index (κ2) is 10.5. The van der Waals surface area contributed by atoms with Gasteiger partial charge in [-0.05, 0) is 105 Å². The molecule has 1 saturated carbocycles. The third kappa shape index (κ3) is 5.66. The van der Waals surface area contributed by atoms with Crippen LogP contribution in [0.2, 0.25) is 0 Å². The molecule has 41 heavy (non-hydrogen) atoms. The minimum absolute atomic E-state index is 0.0457. The van der Waals surface area contributed by atoms with Crippen molar-refractivity contribution >= 4 is 34.2 Å². The van der Waals surface area contributed by atoms with Crippen LogP contribution >= 0.6 is 11.3 Å². The lowest BCUT2D eigenvalue weighted by Gasteiger charge is -2.41. The normalized spacial score (nSPS) is 17.6. The highest BCUT2D eigenvalue weighted by molar-refractivity contribution is 7.13. The van der Waals surface area contributed by atoms with Gasteiger partial charge in [-0.15, -0.1) is 11.3 Å². The summed E-state index contributed by atoms with van der Waals surface area (Å²) in [6.45, 7) is 8.53. The minimum Gasteiger partial charge on any atom is -0.491 e. The maximum atomic E-state index is 13.7. The SMILES string of the molecule is Cc1ccc(OC[C@@H]2CCN2C(=O)OC(C)(C)C)cc1C(=O)NC1(c2cc(-c3cccs3)cc3ncccc23)CC1. The van der Waals surface area contributed by atoms with Crippen LogP contribution in [0.4, 0.5) is 4.79 Å². The van der Waals surface area contributed by atoms with E-state index < -0.39 is 11.1 Å². The quantitative estimate of drug-likeness (QED) is 0.257. The number of pyridine rings is 1. The van der Waals surface area contributed by atoms with Gasteiger partial charge in [0.25, 0.3) is 5.91 Å². The van der Waals surface area contributed by atoms with Crippen molar-refractivity contribution in [3.63, 3.8) is 0 Å². The van der Waals surface area contributed by atoms with Crippen molar-refractivity contribution in [3.05, 3.63) is 82.9 Å². The number of aryl methyl sites for hydroxylation is 1. The van der Waals surface area contributed by atoms with Gasteiger partial charge in [-0.3, -0.25) is 9.78 Å². The van der Waals surface area contributed by atoms with Gasteiger partial charge in [0.2, 0.25) is 0 Å². The molecule has 6 rings (SSSR count). The summed E-state index contributed by atoms with van der Waals surface area (Å²) in [5.74, 6) is 0.485. The zero-order chi connectivity index (χ0) is 28.8. The first-order chi connectivity index (χ1) is 19.6. The number of nitrogens with zero attached hydrogens (tertiary/aromatic N) is 2.